The van der Waals surface area contributed by atoms with E-state index < -0.39 is 5.82 Å². The fourth-order valence-electron chi connectivity index (χ4n) is 3.02. The number of nitrogens with zero attached hydrogens (tertiary/aromatic N) is 1. The van der Waals surface area contributed by atoms with Crippen LogP contribution in [0.25, 0.3) is 0 Å². The summed E-state index contributed by atoms with van der Waals surface area (Å²) in [5.74, 6) is -1.15. The Hall–Kier alpha value is -2.11. The summed E-state index contributed by atoms with van der Waals surface area (Å²) in [6, 6.07) is 10.2. The maximum absolute atomic E-state index is 14.1. The van der Waals surface area contributed by atoms with Crippen molar-refractivity contribution in [2.24, 2.45) is 5.92 Å². The highest BCUT2D eigenvalue weighted by atomic mass is 35.5. The first-order valence-corrected chi connectivity index (χ1v) is 8.99. The third kappa shape index (κ3) is 4.00. The Balaban J connectivity index is 1.60. The van der Waals surface area contributed by atoms with Gasteiger partial charge in [-0.25, -0.2) is 4.39 Å². The molecule has 1 aliphatic rings. The number of hydrogen-bond acceptors (Lipinski definition) is 3. The summed E-state index contributed by atoms with van der Waals surface area (Å²) in [5.41, 5.74) is 1.69. The minimum Gasteiger partial charge on any atom is -0.371 e. The van der Waals surface area contributed by atoms with Crippen molar-refractivity contribution in [1.29, 1.82) is 0 Å². The zero-order valence-corrected chi connectivity index (χ0v) is 15.4. The molecule has 1 amide bonds. The molecule has 0 aromatic heterocycles. The number of anilines is 2. The van der Waals surface area contributed by atoms with Crippen molar-refractivity contribution in [2.45, 2.75) is 12.8 Å². The van der Waals surface area contributed by atoms with Crippen molar-refractivity contribution in [3.63, 3.8) is 0 Å². The van der Waals surface area contributed by atoms with Crippen LogP contribution in [0.2, 0.25) is 10.0 Å². The van der Waals surface area contributed by atoms with E-state index in [1.807, 2.05) is 12.1 Å². The third-order valence-electron chi connectivity index (χ3n) is 4.55. The van der Waals surface area contributed by atoms with Gasteiger partial charge in [0.25, 0.3) is 0 Å². The van der Waals surface area contributed by atoms with Gasteiger partial charge in [0.1, 0.15) is 6.29 Å². The Labute approximate surface area is 160 Å². The number of benzene rings is 2. The van der Waals surface area contributed by atoms with Crippen LogP contribution >= 0.6 is 23.2 Å². The molecule has 0 aliphatic carbocycles. The average molecular weight is 395 g/mol. The van der Waals surface area contributed by atoms with E-state index in [1.165, 1.54) is 12.1 Å². The third-order valence-corrected chi connectivity index (χ3v) is 5.33. The Morgan fingerprint density at radius 3 is 2.38 bits per heavy atom. The van der Waals surface area contributed by atoms with Gasteiger partial charge < -0.3 is 10.2 Å². The highest BCUT2D eigenvalue weighted by Gasteiger charge is 2.26. The molecule has 1 fully saturated rings. The van der Waals surface area contributed by atoms with E-state index in [2.05, 4.69) is 10.2 Å². The van der Waals surface area contributed by atoms with E-state index in [0.29, 0.717) is 31.5 Å². The Bertz CT molecular complexity index is 819. The van der Waals surface area contributed by atoms with Crippen LogP contribution in [0, 0.1) is 11.7 Å². The lowest BCUT2D eigenvalue weighted by molar-refractivity contribution is -0.120. The summed E-state index contributed by atoms with van der Waals surface area (Å²) in [5, 5.41) is 2.51. The van der Waals surface area contributed by atoms with Crippen molar-refractivity contribution >= 4 is 46.8 Å². The number of aldehydes is 1. The second-order valence-corrected chi connectivity index (χ2v) is 6.97. The van der Waals surface area contributed by atoms with Crippen LogP contribution < -0.4 is 10.2 Å². The van der Waals surface area contributed by atoms with Gasteiger partial charge in [0.2, 0.25) is 5.91 Å². The zero-order valence-electron chi connectivity index (χ0n) is 13.8. The van der Waals surface area contributed by atoms with Crippen LogP contribution in [0.5, 0.6) is 0 Å². The molecule has 1 saturated heterocycles. The van der Waals surface area contributed by atoms with E-state index in [1.54, 1.807) is 12.1 Å². The number of halogens is 3. The number of nitrogens with one attached hydrogen (secondary N) is 1. The monoisotopic (exact) mass is 394 g/mol. The van der Waals surface area contributed by atoms with Gasteiger partial charge in [-0.1, -0.05) is 23.2 Å². The lowest BCUT2D eigenvalue weighted by atomic mass is 9.95. The molecule has 26 heavy (non-hydrogen) atoms. The molecule has 0 radical (unpaired) electrons. The maximum Gasteiger partial charge on any atom is 0.227 e. The summed E-state index contributed by atoms with van der Waals surface area (Å²) < 4.78 is 14.1. The standard InChI is InChI=1S/C19H17Cl2FN2O2/c20-15-5-6-16(18(22)17(15)21)23-19(26)13-7-9-24(10-8-13)14-3-1-12(11-25)2-4-14/h1-6,11,13H,7-10H2,(H,23,26). The SMILES string of the molecule is O=Cc1ccc(N2CCC(C(=O)Nc3ccc(Cl)c(Cl)c3F)CC2)cc1. The molecule has 1 aliphatic heterocycles. The predicted octanol–water partition coefficient (Wildman–Crippen LogP) is 4.80. The highest BCUT2D eigenvalue weighted by Crippen LogP contribution is 2.31. The van der Waals surface area contributed by atoms with Crippen molar-refractivity contribution in [1.82, 2.24) is 0 Å². The van der Waals surface area contributed by atoms with Crippen LogP contribution in [-0.4, -0.2) is 25.3 Å². The normalized spacial score (nSPS) is 15.0. The number of amides is 1. The molecule has 3 rings (SSSR count). The molecule has 136 valence electrons. The Morgan fingerprint density at radius 2 is 1.77 bits per heavy atom. The molecule has 1 heterocycles. The molecule has 4 nitrogen and oxygen atoms in total. The second-order valence-electron chi connectivity index (χ2n) is 6.18. The van der Waals surface area contributed by atoms with Gasteiger partial charge in [-0.05, 0) is 49.2 Å². The molecular weight excluding hydrogens is 378 g/mol. The van der Waals surface area contributed by atoms with E-state index in [4.69, 9.17) is 23.2 Å². The van der Waals surface area contributed by atoms with Crippen molar-refractivity contribution in [3.8, 4) is 0 Å². The van der Waals surface area contributed by atoms with E-state index in [9.17, 15) is 14.0 Å². The lowest BCUT2D eigenvalue weighted by Crippen LogP contribution is -2.38. The first kappa shape index (κ1) is 18.7. The fraction of sp³-hybridized carbons (Fsp3) is 0.263. The molecular formula is C19H17Cl2FN2O2. The van der Waals surface area contributed by atoms with Gasteiger partial charge in [-0.2, -0.15) is 0 Å². The van der Waals surface area contributed by atoms with Gasteiger partial charge in [-0.3, -0.25) is 9.59 Å². The summed E-state index contributed by atoms with van der Waals surface area (Å²) in [6.07, 6.45) is 2.12. The number of carbonyl (C=O) groups is 2. The number of rotatable bonds is 4. The Morgan fingerprint density at radius 1 is 1.12 bits per heavy atom. The molecule has 0 spiro atoms. The summed E-state index contributed by atoms with van der Waals surface area (Å²) in [4.78, 5) is 25.3. The van der Waals surface area contributed by atoms with Gasteiger partial charge in [0.05, 0.1) is 15.7 Å². The van der Waals surface area contributed by atoms with Crippen LogP contribution in [0.1, 0.15) is 23.2 Å². The van der Waals surface area contributed by atoms with E-state index >= 15 is 0 Å². The van der Waals surface area contributed by atoms with E-state index in [0.717, 1.165) is 12.0 Å². The van der Waals surface area contributed by atoms with Crippen LogP contribution in [0.4, 0.5) is 15.8 Å². The molecule has 0 atom stereocenters. The molecule has 2 aromatic rings. The molecule has 7 heteroatoms. The van der Waals surface area contributed by atoms with Crippen LogP contribution in [0.3, 0.4) is 0 Å². The molecule has 2 aromatic carbocycles. The first-order valence-electron chi connectivity index (χ1n) is 8.24. The van der Waals surface area contributed by atoms with Gasteiger partial charge >= 0.3 is 0 Å². The van der Waals surface area contributed by atoms with Crippen molar-refractivity contribution in [3.05, 3.63) is 57.8 Å². The topological polar surface area (TPSA) is 49.4 Å². The molecule has 0 saturated carbocycles. The lowest BCUT2D eigenvalue weighted by Gasteiger charge is -2.33. The first-order chi connectivity index (χ1) is 12.5. The fourth-order valence-corrected chi connectivity index (χ4v) is 3.33. The smallest absolute Gasteiger partial charge is 0.227 e. The van der Waals surface area contributed by atoms with Crippen LogP contribution in [0.15, 0.2) is 36.4 Å². The van der Waals surface area contributed by atoms with Crippen LogP contribution in [-0.2, 0) is 4.79 Å². The van der Waals surface area contributed by atoms with Gasteiger partial charge in [0.15, 0.2) is 5.82 Å². The van der Waals surface area contributed by atoms with Crippen molar-refractivity contribution in [2.75, 3.05) is 23.3 Å². The summed E-state index contributed by atoms with van der Waals surface area (Å²) in [6.45, 7) is 1.42. The number of carbonyl (C=O) groups excluding carboxylic acids is 2. The minimum atomic E-state index is -0.722. The highest BCUT2D eigenvalue weighted by molar-refractivity contribution is 6.42. The van der Waals surface area contributed by atoms with Gasteiger partial charge in [-0.15, -0.1) is 0 Å². The average Bonchev–Trinajstić information content (AvgIpc) is 2.68. The van der Waals surface area contributed by atoms with E-state index in [-0.39, 0.29) is 27.6 Å². The second kappa shape index (κ2) is 8.06. The minimum absolute atomic E-state index is 0.0382. The molecule has 0 unspecified atom stereocenters. The van der Waals surface area contributed by atoms with Crippen molar-refractivity contribution < 1.29 is 14.0 Å². The molecule has 1 N–H and O–H groups in total. The quantitative estimate of drug-likeness (QED) is 0.598. The largest absolute Gasteiger partial charge is 0.371 e. The predicted molar refractivity (Wildman–Crippen MR) is 102 cm³/mol. The zero-order chi connectivity index (χ0) is 18.7. The number of piperidine rings is 1. The summed E-state index contributed by atoms with van der Waals surface area (Å²) >= 11 is 11.5. The number of hydrogen-bond donors (Lipinski definition) is 1. The molecule has 0 bridgehead atoms. The maximum atomic E-state index is 14.1. The summed E-state index contributed by atoms with van der Waals surface area (Å²) in [7, 11) is 0. The Kier molecular flexibility index (Phi) is 5.79. The van der Waals surface area contributed by atoms with Gasteiger partial charge in [0, 0.05) is 30.3 Å².